The zero-order valence-electron chi connectivity index (χ0n) is 14.5. The molecule has 0 radical (unpaired) electrons. The van der Waals surface area contributed by atoms with E-state index in [1.165, 1.54) is 0 Å². The van der Waals surface area contributed by atoms with E-state index >= 15 is 0 Å². The Morgan fingerprint density at radius 3 is 1.85 bits per heavy atom. The second-order valence-corrected chi connectivity index (χ2v) is 8.06. The van der Waals surface area contributed by atoms with Crippen molar-refractivity contribution in [3.63, 3.8) is 0 Å². The third kappa shape index (κ3) is 4.19. The van der Waals surface area contributed by atoms with E-state index in [-0.39, 0.29) is 0 Å². The van der Waals surface area contributed by atoms with Crippen LogP contribution in [0.4, 0.5) is 0 Å². The number of rotatable bonds is 6. The summed E-state index contributed by atoms with van der Waals surface area (Å²) in [4.78, 5) is 0. The summed E-state index contributed by atoms with van der Waals surface area (Å²) in [5.41, 5.74) is 1.02. The van der Waals surface area contributed by atoms with Gasteiger partial charge in [-0.1, -0.05) is 54.6 Å². The molecule has 26 heavy (non-hydrogen) atoms. The van der Waals surface area contributed by atoms with Gasteiger partial charge in [0.15, 0.2) is 0 Å². The normalized spacial score (nSPS) is 11.9. The van der Waals surface area contributed by atoms with Crippen LogP contribution in [0.3, 0.4) is 0 Å². The highest BCUT2D eigenvalue weighted by molar-refractivity contribution is 7.77. The van der Waals surface area contributed by atoms with Gasteiger partial charge in [-0.2, -0.15) is 0 Å². The van der Waals surface area contributed by atoms with Crippen molar-refractivity contribution in [2.75, 3.05) is 7.11 Å². The number of hydrogen-bond acceptors (Lipinski definition) is 2. The van der Waals surface area contributed by atoms with Gasteiger partial charge in [-0.15, -0.1) is 0 Å². The van der Waals surface area contributed by atoms with E-state index < -0.39 is 7.29 Å². The molecule has 130 valence electrons. The van der Waals surface area contributed by atoms with E-state index in [1.54, 1.807) is 19.4 Å². The van der Waals surface area contributed by atoms with Gasteiger partial charge in [0.05, 0.1) is 7.11 Å². The maximum Gasteiger partial charge on any atom is 0.247 e. The largest absolute Gasteiger partial charge is 0.497 e. The van der Waals surface area contributed by atoms with Gasteiger partial charge in [0.25, 0.3) is 0 Å². The molecule has 0 aromatic heterocycles. The Labute approximate surface area is 154 Å². The fourth-order valence-corrected chi connectivity index (χ4v) is 4.53. The second-order valence-electron chi connectivity index (χ2n) is 5.64. The summed E-state index contributed by atoms with van der Waals surface area (Å²) < 4.78 is 23.3. The molecule has 0 aliphatic heterocycles. The molecule has 0 bridgehead atoms. The predicted molar refractivity (Wildman–Crippen MR) is 110 cm³/mol. The molecule has 3 rings (SSSR count). The molecule has 0 saturated carbocycles. The Balaban J connectivity index is 1.87. The Morgan fingerprint density at radius 1 is 0.808 bits per heavy atom. The molecule has 0 atom stereocenters. The van der Waals surface area contributed by atoms with Crippen molar-refractivity contribution in [1.82, 2.24) is 0 Å². The molecule has 4 heteroatoms. The molecular formula is C22H20NO2P. The first-order chi connectivity index (χ1) is 12.7. The van der Waals surface area contributed by atoms with E-state index in [1.807, 2.05) is 91.0 Å². The maximum atomic E-state index is 13.7. The van der Waals surface area contributed by atoms with Crippen LogP contribution in [-0.4, -0.2) is 13.3 Å². The highest BCUT2D eigenvalue weighted by Gasteiger charge is 2.25. The molecule has 0 fully saturated rings. The first-order valence-electron chi connectivity index (χ1n) is 8.30. The maximum absolute atomic E-state index is 13.7. The molecule has 0 heterocycles. The summed E-state index contributed by atoms with van der Waals surface area (Å²) in [5, 5.41) is 1.44. The molecule has 3 aromatic carbocycles. The lowest BCUT2D eigenvalue weighted by Gasteiger charge is -2.13. The van der Waals surface area contributed by atoms with Crippen LogP contribution in [0.5, 0.6) is 5.75 Å². The Bertz CT molecular complexity index is 889. The minimum absolute atomic E-state index is 0.722. The van der Waals surface area contributed by atoms with Crippen molar-refractivity contribution in [2.45, 2.75) is 0 Å². The smallest absolute Gasteiger partial charge is 0.247 e. The van der Waals surface area contributed by atoms with Gasteiger partial charge in [0, 0.05) is 16.8 Å². The zero-order valence-corrected chi connectivity index (χ0v) is 15.4. The topological polar surface area (TPSA) is 38.7 Å². The average Bonchev–Trinajstić information content (AvgIpc) is 2.73. The molecule has 0 N–H and O–H groups in total. The van der Waals surface area contributed by atoms with E-state index in [0.29, 0.717) is 0 Å². The zero-order chi connectivity index (χ0) is 18.2. The van der Waals surface area contributed by atoms with Gasteiger partial charge in [-0.05, 0) is 48.0 Å². The fourth-order valence-electron chi connectivity index (χ4n) is 2.54. The average molecular weight is 361 g/mol. The third-order valence-electron chi connectivity index (χ3n) is 3.93. The van der Waals surface area contributed by atoms with Crippen LogP contribution in [0, 0.1) is 0 Å². The monoisotopic (exact) mass is 361 g/mol. The predicted octanol–water partition coefficient (Wildman–Crippen LogP) is 4.71. The number of ether oxygens (including phenoxy) is 1. The minimum Gasteiger partial charge on any atom is -0.497 e. The van der Waals surface area contributed by atoms with Crippen molar-refractivity contribution in [3.8, 4) is 5.75 Å². The van der Waals surface area contributed by atoms with Crippen molar-refractivity contribution < 1.29 is 9.30 Å². The lowest BCUT2D eigenvalue weighted by molar-refractivity contribution is 0.415. The lowest BCUT2D eigenvalue weighted by Crippen LogP contribution is -2.14. The quantitative estimate of drug-likeness (QED) is 0.471. The van der Waals surface area contributed by atoms with Crippen molar-refractivity contribution in [2.24, 2.45) is 4.76 Å². The van der Waals surface area contributed by atoms with Crippen LogP contribution >= 0.6 is 7.29 Å². The summed E-state index contributed by atoms with van der Waals surface area (Å²) >= 11 is 0. The summed E-state index contributed by atoms with van der Waals surface area (Å²) in [6.07, 6.45) is 5.34. The van der Waals surface area contributed by atoms with Gasteiger partial charge in [0.1, 0.15) is 5.75 Å². The molecular weight excluding hydrogens is 341 g/mol. The van der Waals surface area contributed by atoms with Gasteiger partial charge in [-0.25, -0.2) is 4.76 Å². The van der Waals surface area contributed by atoms with E-state index in [4.69, 9.17) is 4.74 Å². The molecule has 0 saturated heterocycles. The van der Waals surface area contributed by atoms with Crippen LogP contribution in [0.2, 0.25) is 0 Å². The van der Waals surface area contributed by atoms with E-state index in [9.17, 15) is 4.57 Å². The summed E-state index contributed by atoms with van der Waals surface area (Å²) in [7, 11) is -1.42. The summed E-state index contributed by atoms with van der Waals surface area (Å²) in [6.45, 7) is 0. The summed E-state index contributed by atoms with van der Waals surface area (Å²) in [6, 6.07) is 26.5. The molecule has 0 aliphatic carbocycles. The highest BCUT2D eigenvalue weighted by Crippen LogP contribution is 2.44. The first kappa shape index (κ1) is 17.9. The Hall–Kier alpha value is -2.90. The van der Waals surface area contributed by atoms with Gasteiger partial charge in [-0.3, -0.25) is 4.57 Å². The molecule has 0 aliphatic rings. The number of benzene rings is 3. The standard InChI is InChI=1S/C22H20NO2P/c1-25-20-16-14-19(15-17-20)9-8-18-23-26(24,21-10-4-2-5-11-21)22-12-6-3-7-13-22/h2-18H,1H3/b9-8+,23-18+. The fraction of sp³-hybridized carbons (Fsp3) is 0.0455. The number of allylic oxidation sites excluding steroid dienone is 1. The number of methoxy groups -OCH3 is 1. The number of hydrogen-bond donors (Lipinski definition) is 0. The van der Waals surface area contributed by atoms with E-state index in [2.05, 4.69) is 4.76 Å². The molecule has 0 unspecified atom stereocenters. The van der Waals surface area contributed by atoms with Crippen LogP contribution < -0.4 is 15.3 Å². The molecule has 3 nitrogen and oxygen atoms in total. The van der Waals surface area contributed by atoms with Crippen LogP contribution in [0.25, 0.3) is 6.08 Å². The van der Waals surface area contributed by atoms with Crippen LogP contribution in [0.15, 0.2) is 95.8 Å². The van der Waals surface area contributed by atoms with Gasteiger partial charge >= 0.3 is 0 Å². The van der Waals surface area contributed by atoms with Crippen molar-refractivity contribution >= 4 is 30.2 Å². The molecule has 3 aromatic rings. The summed E-state index contributed by atoms with van der Waals surface area (Å²) in [5.74, 6) is 0.813. The Kier molecular flexibility index (Phi) is 5.83. The lowest BCUT2D eigenvalue weighted by atomic mass is 10.2. The van der Waals surface area contributed by atoms with Crippen LogP contribution in [0.1, 0.15) is 5.56 Å². The van der Waals surface area contributed by atoms with E-state index in [0.717, 1.165) is 21.9 Å². The van der Waals surface area contributed by atoms with Crippen molar-refractivity contribution in [3.05, 3.63) is 96.6 Å². The first-order valence-corrected chi connectivity index (χ1v) is 9.96. The van der Waals surface area contributed by atoms with Gasteiger partial charge < -0.3 is 4.74 Å². The van der Waals surface area contributed by atoms with Crippen LogP contribution in [-0.2, 0) is 4.57 Å². The SMILES string of the molecule is COc1ccc(/C=C/C=N/P(=O)(c2ccccc2)c2ccccc2)cc1. The van der Waals surface area contributed by atoms with Crippen molar-refractivity contribution in [1.29, 1.82) is 0 Å². The highest BCUT2D eigenvalue weighted by atomic mass is 31.2. The number of nitrogens with zero attached hydrogens (tertiary/aromatic N) is 1. The Morgan fingerprint density at radius 2 is 1.35 bits per heavy atom. The molecule has 0 spiro atoms. The minimum atomic E-state index is -3.06. The van der Waals surface area contributed by atoms with Gasteiger partial charge in [0.2, 0.25) is 7.29 Å². The third-order valence-corrected chi connectivity index (χ3v) is 6.39. The molecule has 0 amide bonds. The second kappa shape index (κ2) is 8.46.